The van der Waals surface area contributed by atoms with Crippen LogP contribution in [0.3, 0.4) is 0 Å². The van der Waals surface area contributed by atoms with Crippen LogP contribution in [-0.2, 0) is 9.59 Å². The Hall–Kier alpha value is -1.97. The summed E-state index contributed by atoms with van der Waals surface area (Å²) in [6.07, 6.45) is 0.626. The molecule has 0 bridgehead atoms. The first kappa shape index (κ1) is 18.8. The fourth-order valence-corrected chi connectivity index (χ4v) is 4.66. The third kappa shape index (κ3) is 4.22. The zero-order valence-electron chi connectivity index (χ0n) is 14.4. The first-order valence-corrected chi connectivity index (χ1v) is 10.0. The number of nitrogens with zero attached hydrogens (tertiary/aromatic N) is 2. The van der Waals surface area contributed by atoms with Gasteiger partial charge in [0, 0.05) is 11.4 Å². The SMILES string of the molecule is CC(C)C[C@H](N)C(=O)Nc1ccc2nc(C3=N[C@@H](C(=O)O)CS3)sc2c1. The van der Waals surface area contributed by atoms with Crippen molar-refractivity contribution in [2.45, 2.75) is 32.4 Å². The van der Waals surface area contributed by atoms with Gasteiger partial charge in [0.2, 0.25) is 5.91 Å². The second-order valence-electron chi connectivity index (χ2n) is 6.53. The molecule has 0 aliphatic carbocycles. The van der Waals surface area contributed by atoms with Gasteiger partial charge in [-0.05, 0) is 30.5 Å². The van der Waals surface area contributed by atoms with E-state index in [2.05, 4.69) is 15.3 Å². The van der Waals surface area contributed by atoms with Crippen molar-refractivity contribution in [1.82, 2.24) is 4.98 Å². The van der Waals surface area contributed by atoms with Crippen LogP contribution in [0, 0.1) is 5.92 Å². The molecule has 1 aromatic heterocycles. The minimum atomic E-state index is -0.920. The lowest BCUT2D eigenvalue weighted by Gasteiger charge is -2.14. The molecule has 0 saturated heterocycles. The van der Waals surface area contributed by atoms with Crippen molar-refractivity contribution in [2.75, 3.05) is 11.1 Å². The van der Waals surface area contributed by atoms with Gasteiger partial charge in [0.05, 0.1) is 16.3 Å². The minimum absolute atomic E-state index is 0.206. The Bertz CT molecular complexity index is 878. The van der Waals surface area contributed by atoms with Gasteiger partial charge >= 0.3 is 5.97 Å². The topological polar surface area (TPSA) is 118 Å². The standard InChI is InChI=1S/C17H20N4O3S2/c1-8(2)5-10(18)14(22)19-9-3-4-11-13(6-9)26-16(20-11)15-21-12(7-25-15)17(23)24/h3-4,6,8,10,12H,5,7,18H2,1-2H3,(H,19,22)(H,23,24)/t10-,12+/m0/s1. The van der Waals surface area contributed by atoms with E-state index in [0.29, 0.717) is 33.8 Å². The highest BCUT2D eigenvalue weighted by Gasteiger charge is 2.27. The quantitative estimate of drug-likeness (QED) is 0.695. The number of carbonyl (C=O) groups excluding carboxylic acids is 1. The number of rotatable bonds is 6. The average Bonchev–Trinajstić information content (AvgIpc) is 3.20. The van der Waals surface area contributed by atoms with Crippen LogP contribution in [0.25, 0.3) is 10.2 Å². The molecular weight excluding hydrogens is 372 g/mol. The monoisotopic (exact) mass is 392 g/mol. The molecule has 1 aliphatic heterocycles. The molecule has 2 aromatic rings. The largest absolute Gasteiger partial charge is 0.480 e. The van der Waals surface area contributed by atoms with Crippen LogP contribution in [0.1, 0.15) is 25.3 Å². The second kappa shape index (κ2) is 7.73. The molecule has 3 rings (SSSR count). The fraction of sp³-hybridized carbons (Fsp3) is 0.412. The van der Waals surface area contributed by atoms with E-state index >= 15 is 0 Å². The van der Waals surface area contributed by atoms with Crippen molar-refractivity contribution in [2.24, 2.45) is 16.6 Å². The van der Waals surface area contributed by atoms with Gasteiger partial charge in [0.15, 0.2) is 6.04 Å². The first-order chi connectivity index (χ1) is 12.3. The zero-order valence-corrected chi connectivity index (χ0v) is 16.1. The average molecular weight is 393 g/mol. The fourth-order valence-electron chi connectivity index (χ4n) is 2.56. The molecule has 0 radical (unpaired) electrons. The van der Waals surface area contributed by atoms with Crippen LogP contribution in [0.15, 0.2) is 23.2 Å². The van der Waals surface area contributed by atoms with E-state index in [0.717, 1.165) is 10.2 Å². The lowest BCUT2D eigenvalue weighted by molar-refractivity contribution is -0.137. The van der Waals surface area contributed by atoms with E-state index in [-0.39, 0.29) is 5.91 Å². The number of fused-ring (bicyclic) bond motifs is 1. The third-order valence-corrected chi connectivity index (χ3v) is 6.05. The molecule has 7 nitrogen and oxygen atoms in total. The van der Waals surface area contributed by atoms with E-state index in [1.165, 1.54) is 23.1 Å². The van der Waals surface area contributed by atoms with Crippen molar-refractivity contribution in [3.05, 3.63) is 23.2 Å². The molecule has 9 heteroatoms. The summed E-state index contributed by atoms with van der Waals surface area (Å²) in [5.41, 5.74) is 7.37. The van der Waals surface area contributed by atoms with E-state index in [9.17, 15) is 9.59 Å². The summed E-state index contributed by atoms with van der Waals surface area (Å²) < 4.78 is 0.900. The summed E-state index contributed by atoms with van der Waals surface area (Å²) in [6, 6.07) is 4.22. The summed E-state index contributed by atoms with van der Waals surface area (Å²) in [5, 5.41) is 13.2. The number of aliphatic carboxylic acids is 1. The number of carboxylic acid groups (broad SMARTS) is 1. The number of nitrogens with one attached hydrogen (secondary N) is 1. The number of anilines is 1. The van der Waals surface area contributed by atoms with Crippen molar-refractivity contribution in [3.63, 3.8) is 0 Å². The number of thioether (sulfide) groups is 1. The van der Waals surface area contributed by atoms with Crippen molar-refractivity contribution < 1.29 is 14.7 Å². The number of benzene rings is 1. The summed E-state index contributed by atoms with van der Waals surface area (Å²) >= 11 is 2.83. The summed E-state index contributed by atoms with van der Waals surface area (Å²) in [4.78, 5) is 31.9. The number of carbonyl (C=O) groups is 2. The molecule has 26 heavy (non-hydrogen) atoms. The maximum atomic E-state index is 12.2. The Morgan fingerprint density at radius 1 is 1.42 bits per heavy atom. The van der Waals surface area contributed by atoms with E-state index in [1.54, 1.807) is 6.07 Å². The van der Waals surface area contributed by atoms with Gasteiger partial charge < -0.3 is 16.2 Å². The van der Waals surface area contributed by atoms with Crippen LogP contribution in [0.2, 0.25) is 0 Å². The molecule has 1 aliphatic rings. The van der Waals surface area contributed by atoms with Gasteiger partial charge in [0.1, 0.15) is 10.1 Å². The number of hydrogen-bond donors (Lipinski definition) is 3. The minimum Gasteiger partial charge on any atom is -0.480 e. The Morgan fingerprint density at radius 3 is 2.85 bits per heavy atom. The van der Waals surface area contributed by atoms with Crippen LogP contribution in [-0.4, -0.2) is 44.8 Å². The molecular formula is C17H20N4O3S2. The highest BCUT2D eigenvalue weighted by Crippen LogP contribution is 2.31. The van der Waals surface area contributed by atoms with E-state index in [1.807, 2.05) is 26.0 Å². The maximum Gasteiger partial charge on any atom is 0.329 e. The van der Waals surface area contributed by atoms with Crippen LogP contribution >= 0.6 is 23.1 Å². The van der Waals surface area contributed by atoms with Crippen LogP contribution in [0.5, 0.6) is 0 Å². The second-order valence-corrected chi connectivity index (χ2v) is 8.57. The Balaban J connectivity index is 1.77. The summed E-state index contributed by atoms with van der Waals surface area (Å²) in [7, 11) is 0. The molecule has 4 N–H and O–H groups in total. The molecule has 0 spiro atoms. The number of thiazole rings is 1. The van der Waals surface area contributed by atoms with E-state index < -0.39 is 18.1 Å². The van der Waals surface area contributed by atoms with Gasteiger partial charge in [-0.25, -0.2) is 9.78 Å². The lowest BCUT2D eigenvalue weighted by atomic mass is 10.0. The maximum absolute atomic E-state index is 12.2. The Labute approximate surface area is 159 Å². The van der Waals surface area contributed by atoms with Crippen molar-refractivity contribution in [1.29, 1.82) is 0 Å². The molecule has 138 valence electrons. The summed E-state index contributed by atoms with van der Waals surface area (Å²) in [6.45, 7) is 4.05. The number of nitrogens with two attached hydrogens (primary N) is 1. The molecule has 0 unspecified atom stereocenters. The molecule has 2 heterocycles. The van der Waals surface area contributed by atoms with Gasteiger partial charge in [-0.15, -0.1) is 23.1 Å². The van der Waals surface area contributed by atoms with Gasteiger partial charge in [0.25, 0.3) is 0 Å². The third-order valence-electron chi connectivity index (χ3n) is 3.84. The number of hydrogen-bond acceptors (Lipinski definition) is 7. The molecule has 0 saturated carbocycles. The Morgan fingerprint density at radius 2 is 2.19 bits per heavy atom. The number of aromatic nitrogens is 1. The highest BCUT2D eigenvalue weighted by molar-refractivity contribution is 8.15. The molecule has 1 amide bonds. The van der Waals surface area contributed by atoms with Crippen molar-refractivity contribution in [3.8, 4) is 0 Å². The van der Waals surface area contributed by atoms with Gasteiger partial charge in [-0.1, -0.05) is 13.8 Å². The molecule has 0 fully saturated rings. The number of amides is 1. The predicted octanol–water partition coefficient (Wildman–Crippen LogP) is 2.55. The van der Waals surface area contributed by atoms with Crippen LogP contribution in [0.4, 0.5) is 5.69 Å². The number of carboxylic acids is 1. The van der Waals surface area contributed by atoms with Crippen LogP contribution < -0.4 is 11.1 Å². The smallest absolute Gasteiger partial charge is 0.329 e. The predicted molar refractivity (Wildman–Crippen MR) is 106 cm³/mol. The van der Waals surface area contributed by atoms with Gasteiger partial charge in [-0.3, -0.25) is 9.79 Å². The summed E-state index contributed by atoms with van der Waals surface area (Å²) in [5.74, 6) is -0.351. The van der Waals surface area contributed by atoms with E-state index in [4.69, 9.17) is 10.8 Å². The lowest BCUT2D eigenvalue weighted by Crippen LogP contribution is -2.36. The molecule has 2 atom stereocenters. The first-order valence-electron chi connectivity index (χ1n) is 8.24. The molecule has 1 aromatic carbocycles. The highest BCUT2D eigenvalue weighted by atomic mass is 32.2. The van der Waals surface area contributed by atoms with Crippen molar-refractivity contribution >= 4 is 55.9 Å². The normalized spacial score (nSPS) is 18.2. The zero-order chi connectivity index (χ0) is 18.8. The Kier molecular flexibility index (Phi) is 5.59. The van der Waals surface area contributed by atoms with Gasteiger partial charge in [-0.2, -0.15) is 0 Å². The number of aliphatic imine (C=N–C) groups is 1.